The van der Waals surface area contributed by atoms with Crippen molar-refractivity contribution < 1.29 is 9.53 Å². The minimum Gasteiger partial charge on any atom is -0.374 e. The predicted octanol–water partition coefficient (Wildman–Crippen LogP) is 1.33. The number of hydrogen-bond acceptors (Lipinski definition) is 4. The molecule has 3 rings (SSSR count). The summed E-state index contributed by atoms with van der Waals surface area (Å²) >= 11 is 0. The second-order valence-corrected chi connectivity index (χ2v) is 6.95. The molecule has 1 atom stereocenters. The lowest BCUT2D eigenvalue weighted by atomic mass is 10.1. The highest BCUT2D eigenvalue weighted by Crippen LogP contribution is 2.30. The highest BCUT2D eigenvalue weighted by atomic mass is 16.5. The lowest BCUT2D eigenvalue weighted by Gasteiger charge is -2.34. The summed E-state index contributed by atoms with van der Waals surface area (Å²) in [6, 6.07) is 7.65. The van der Waals surface area contributed by atoms with Crippen molar-refractivity contribution in [2.75, 3.05) is 39.8 Å². The summed E-state index contributed by atoms with van der Waals surface area (Å²) in [7, 11) is 2.16. The van der Waals surface area contributed by atoms with Gasteiger partial charge in [0.2, 0.25) is 5.91 Å². The Hall–Kier alpha value is -1.43. The fourth-order valence-electron chi connectivity index (χ4n) is 3.17. The third-order valence-corrected chi connectivity index (χ3v) is 4.66. The van der Waals surface area contributed by atoms with Gasteiger partial charge in [-0.05, 0) is 43.5 Å². The summed E-state index contributed by atoms with van der Waals surface area (Å²) in [5.74, 6) is 0.478. The fourth-order valence-corrected chi connectivity index (χ4v) is 3.17. The standard InChI is InChI=1S/C18H27N3O2/c1-20-8-9-23-17(12-20)13-21(10-14-2-3-14)11-15-4-6-16(7-5-15)18(19)22/h4-7,14,17H,2-3,8-13H2,1H3,(H2,19,22). The number of morpholine rings is 1. The molecule has 0 bridgehead atoms. The molecule has 1 aliphatic carbocycles. The van der Waals surface area contributed by atoms with Crippen LogP contribution in [0.5, 0.6) is 0 Å². The van der Waals surface area contributed by atoms with Gasteiger partial charge in [0, 0.05) is 38.3 Å². The molecule has 1 amide bonds. The summed E-state index contributed by atoms with van der Waals surface area (Å²) in [6.45, 7) is 5.86. The van der Waals surface area contributed by atoms with E-state index in [0.717, 1.165) is 45.2 Å². The minimum absolute atomic E-state index is 0.289. The topological polar surface area (TPSA) is 58.8 Å². The Morgan fingerprint density at radius 1 is 1.30 bits per heavy atom. The van der Waals surface area contributed by atoms with Crippen LogP contribution in [-0.4, -0.2) is 61.6 Å². The minimum atomic E-state index is -0.370. The summed E-state index contributed by atoms with van der Waals surface area (Å²) in [6.07, 6.45) is 2.99. The Labute approximate surface area is 138 Å². The van der Waals surface area contributed by atoms with Gasteiger partial charge in [0.1, 0.15) is 0 Å². The van der Waals surface area contributed by atoms with E-state index in [1.54, 1.807) is 0 Å². The first-order valence-electron chi connectivity index (χ1n) is 8.51. The predicted molar refractivity (Wildman–Crippen MR) is 90.2 cm³/mol. The van der Waals surface area contributed by atoms with E-state index in [1.807, 2.05) is 24.3 Å². The molecule has 5 heteroatoms. The second-order valence-electron chi connectivity index (χ2n) is 6.95. The number of rotatable bonds is 7. The summed E-state index contributed by atoms with van der Waals surface area (Å²) < 4.78 is 5.92. The Morgan fingerprint density at radius 3 is 2.65 bits per heavy atom. The Balaban J connectivity index is 1.60. The fraction of sp³-hybridized carbons (Fsp3) is 0.611. The first-order valence-corrected chi connectivity index (χ1v) is 8.51. The van der Waals surface area contributed by atoms with Crippen molar-refractivity contribution in [2.45, 2.75) is 25.5 Å². The molecule has 2 N–H and O–H groups in total. The van der Waals surface area contributed by atoms with Crippen LogP contribution < -0.4 is 5.73 Å². The quantitative estimate of drug-likeness (QED) is 0.824. The van der Waals surface area contributed by atoms with E-state index in [2.05, 4.69) is 16.8 Å². The van der Waals surface area contributed by atoms with E-state index < -0.39 is 0 Å². The van der Waals surface area contributed by atoms with Crippen LogP contribution in [0.25, 0.3) is 0 Å². The molecule has 0 aromatic heterocycles. The van der Waals surface area contributed by atoms with Crippen molar-refractivity contribution >= 4 is 5.91 Å². The summed E-state index contributed by atoms with van der Waals surface area (Å²) in [5.41, 5.74) is 7.10. The number of carbonyl (C=O) groups excluding carboxylic acids is 1. The lowest BCUT2D eigenvalue weighted by Crippen LogP contribution is -2.46. The monoisotopic (exact) mass is 317 g/mol. The van der Waals surface area contributed by atoms with E-state index in [4.69, 9.17) is 10.5 Å². The summed E-state index contributed by atoms with van der Waals surface area (Å²) in [4.78, 5) is 16.0. The zero-order valence-electron chi connectivity index (χ0n) is 13.9. The first kappa shape index (κ1) is 16.4. The molecule has 2 aliphatic rings. The van der Waals surface area contributed by atoms with Crippen LogP contribution in [0.4, 0.5) is 0 Å². The first-order chi connectivity index (χ1) is 11.1. The van der Waals surface area contributed by atoms with Gasteiger partial charge in [0.05, 0.1) is 12.7 Å². The average Bonchev–Trinajstić information content (AvgIpc) is 3.31. The number of likely N-dealkylation sites (N-methyl/N-ethyl adjacent to an activating group) is 1. The molecule has 23 heavy (non-hydrogen) atoms. The van der Waals surface area contributed by atoms with Gasteiger partial charge in [0.25, 0.3) is 0 Å². The van der Waals surface area contributed by atoms with E-state index in [1.165, 1.54) is 18.4 Å². The molecule has 0 radical (unpaired) electrons. The molecule has 1 aliphatic heterocycles. The largest absolute Gasteiger partial charge is 0.374 e. The van der Waals surface area contributed by atoms with E-state index in [0.29, 0.717) is 5.56 Å². The van der Waals surface area contributed by atoms with Crippen LogP contribution >= 0.6 is 0 Å². The zero-order chi connectivity index (χ0) is 16.2. The molecular formula is C18H27N3O2. The Morgan fingerprint density at radius 2 is 2.04 bits per heavy atom. The third-order valence-electron chi connectivity index (χ3n) is 4.66. The van der Waals surface area contributed by atoms with Crippen molar-refractivity contribution in [3.8, 4) is 0 Å². The molecule has 1 saturated heterocycles. The molecule has 2 fully saturated rings. The van der Waals surface area contributed by atoms with Gasteiger partial charge in [-0.3, -0.25) is 9.69 Å². The molecule has 1 unspecified atom stereocenters. The van der Waals surface area contributed by atoms with Crippen molar-refractivity contribution in [1.29, 1.82) is 0 Å². The van der Waals surface area contributed by atoms with Gasteiger partial charge in [0.15, 0.2) is 0 Å². The van der Waals surface area contributed by atoms with Crippen molar-refractivity contribution in [1.82, 2.24) is 9.80 Å². The van der Waals surface area contributed by atoms with E-state index in [9.17, 15) is 4.79 Å². The van der Waals surface area contributed by atoms with Crippen LogP contribution in [0, 0.1) is 5.92 Å². The molecule has 1 aromatic rings. The van der Waals surface area contributed by atoms with Crippen molar-refractivity contribution in [3.05, 3.63) is 35.4 Å². The number of nitrogens with two attached hydrogens (primary N) is 1. The number of primary amides is 1. The summed E-state index contributed by atoms with van der Waals surface area (Å²) in [5, 5.41) is 0. The normalized spacial score (nSPS) is 22.4. The van der Waals surface area contributed by atoms with Crippen LogP contribution in [0.15, 0.2) is 24.3 Å². The van der Waals surface area contributed by atoms with Crippen molar-refractivity contribution in [3.63, 3.8) is 0 Å². The molecule has 126 valence electrons. The molecule has 1 heterocycles. The van der Waals surface area contributed by atoms with Gasteiger partial charge in [-0.25, -0.2) is 0 Å². The number of carbonyl (C=O) groups is 1. The smallest absolute Gasteiger partial charge is 0.248 e. The Bertz CT molecular complexity index is 528. The van der Waals surface area contributed by atoms with Crippen molar-refractivity contribution in [2.24, 2.45) is 11.7 Å². The number of hydrogen-bond donors (Lipinski definition) is 1. The van der Waals surface area contributed by atoms with Gasteiger partial charge in [-0.15, -0.1) is 0 Å². The molecule has 1 aromatic carbocycles. The van der Waals surface area contributed by atoms with Gasteiger partial charge in [-0.2, -0.15) is 0 Å². The average molecular weight is 317 g/mol. The van der Waals surface area contributed by atoms with Crippen LogP contribution in [0.3, 0.4) is 0 Å². The van der Waals surface area contributed by atoms with Crippen LogP contribution in [0.1, 0.15) is 28.8 Å². The maximum atomic E-state index is 11.2. The number of amides is 1. The third kappa shape index (κ3) is 5.03. The Kier molecular flexibility index (Phi) is 5.30. The van der Waals surface area contributed by atoms with Gasteiger partial charge in [-0.1, -0.05) is 12.1 Å². The number of nitrogens with zero attached hydrogens (tertiary/aromatic N) is 2. The lowest BCUT2D eigenvalue weighted by molar-refractivity contribution is -0.0372. The molecule has 0 spiro atoms. The highest BCUT2D eigenvalue weighted by Gasteiger charge is 2.27. The highest BCUT2D eigenvalue weighted by molar-refractivity contribution is 5.92. The number of benzene rings is 1. The zero-order valence-corrected chi connectivity index (χ0v) is 13.9. The van der Waals surface area contributed by atoms with Crippen LogP contribution in [-0.2, 0) is 11.3 Å². The number of ether oxygens (including phenoxy) is 1. The second kappa shape index (κ2) is 7.43. The SMILES string of the molecule is CN1CCOC(CN(Cc2ccc(C(N)=O)cc2)CC2CC2)C1. The van der Waals surface area contributed by atoms with Gasteiger partial charge >= 0.3 is 0 Å². The van der Waals surface area contributed by atoms with Gasteiger partial charge < -0.3 is 15.4 Å². The van der Waals surface area contributed by atoms with Crippen LogP contribution in [0.2, 0.25) is 0 Å². The molecule has 1 saturated carbocycles. The van der Waals surface area contributed by atoms with E-state index >= 15 is 0 Å². The maximum Gasteiger partial charge on any atom is 0.248 e. The molecular weight excluding hydrogens is 290 g/mol. The molecule has 5 nitrogen and oxygen atoms in total. The van der Waals surface area contributed by atoms with E-state index in [-0.39, 0.29) is 12.0 Å². The maximum absolute atomic E-state index is 11.2.